The Balaban J connectivity index is 1.97. The highest BCUT2D eigenvalue weighted by molar-refractivity contribution is 5.50. The minimum atomic E-state index is -0.533. The van der Waals surface area contributed by atoms with Crippen molar-refractivity contribution >= 4 is 0 Å². The first kappa shape index (κ1) is 24.3. The molecule has 0 heterocycles. The Labute approximate surface area is 193 Å². The third-order valence-corrected chi connectivity index (χ3v) is 5.74. The molecule has 0 spiro atoms. The van der Waals surface area contributed by atoms with Crippen molar-refractivity contribution in [1.82, 2.24) is 0 Å². The molecular weight excluding hydrogens is 396 g/mol. The van der Waals surface area contributed by atoms with Gasteiger partial charge in [0.2, 0.25) is 0 Å². The number of phenols is 1. The third kappa shape index (κ3) is 6.34. The summed E-state index contributed by atoms with van der Waals surface area (Å²) in [5.74, 6) is 0.369. The standard InChI is InChI=1S/C29H38O3/c1-28(2,3)24-17-23(18-25(26(24)30)29(4,5)6)27(31-19-21-13-9-7-10-14-21)32-20-22-15-11-8-12-16-22/h7,9-11,13-18,27,30H,8,12,19-20H2,1-6H3. The van der Waals surface area contributed by atoms with Crippen LogP contribution >= 0.6 is 0 Å². The largest absolute Gasteiger partial charge is 0.507 e. The lowest BCUT2D eigenvalue weighted by Crippen LogP contribution is -2.20. The van der Waals surface area contributed by atoms with Gasteiger partial charge in [0.25, 0.3) is 0 Å². The topological polar surface area (TPSA) is 38.7 Å². The predicted molar refractivity (Wildman–Crippen MR) is 132 cm³/mol. The van der Waals surface area contributed by atoms with Gasteiger partial charge in [-0.1, -0.05) is 90.1 Å². The van der Waals surface area contributed by atoms with E-state index in [1.54, 1.807) is 0 Å². The van der Waals surface area contributed by atoms with E-state index in [4.69, 9.17) is 9.47 Å². The maximum Gasteiger partial charge on any atom is 0.184 e. The Morgan fingerprint density at radius 2 is 1.44 bits per heavy atom. The molecule has 2 aromatic carbocycles. The zero-order valence-electron chi connectivity index (χ0n) is 20.4. The highest BCUT2D eigenvalue weighted by Gasteiger charge is 2.28. The highest BCUT2D eigenvalue weighted by atomic mass is 16.7. The van der Waals surface area contributed by atoms with Crippen LogP contribution in [0.3, 0.4) is 0 Å². The molecule has 0 fully saturated rings. The van der Waals surface area contributed by atoms with Crippen LogP contribution in [0.2, 0.25) is 0 Å². The number of allylic oxidation sites excluding steroid dienone is 2. The maximum absolute atomic E-state index is 11.1. The van der Waals surface area contributed by atoms with Gasteiger partial charge < -0.3 is 14.6 Å². The van der Waals surface area contributed by atoms with E-state index in [0.29, 0.717) is 19.0 Å². The number of benzene rings is 2. The second-order valence-corrected chi connectivity index (χ2v) is 10.7. The van der Waals surface area contributed by atoms with Crippen LogP contribution in [0.1, 0.15) is 82.9 Å². The molecule has 0 aliphatic heterocycles. The first-order valence-electron chi connectivity index (χ1n) is 11.6. The number of hydrogen-bond acceptors (Lipinski definition) is 3. The van der Waals surface area contributed by atoms with Crippen molar-refractivity contribution in [3.63, 3.8) is 0 Å². The highest BCUT2D eigenvalue weighted by Crippen LogP contribution is 2.41. The molecule has 1 unspecified atom stereocenters. The Kier molecular flexibility index (Phi) is 7.63. The van der Waals surface area contributed by atoms with Gasteiger partial charge in [-0.25, -0.2) is 0 Å². The zero-order valence-corrected chi connectivity index (χ0v) is 20.4. The van der Waals surface area contributed by atoms with Gasteiger partial charge in [-0.15, -0.1) is 0 Å². The second-order valence-electron chi connectivity index (χ2n) is 10.7. The van der Waals surface area contributed by atoms with E-state index in [-0.39, 0.29) is 10.8 Å². The van der Waals surface area contributed by atoms with E-state index in [1.165, 1.54) is 5.57 Å². The second kappa shape index (κ2) is 10.1. The van der Waals surface area contributed by atoms with Crippen LogP contribution in [0, 0.1) is 0 Å². The lowest BCUT2D eigenvalue weighted by molar-refractivity contribution is -0.148. The van der Waals surface area contributed by atoms with Crippen molar-refractivity contribution in [2.75, 3.05) is 6.61 Å². The van der Waals surface area contributed by atoms with Gasteiger partial charge >= 0.3 is 0 Å². The Morgan fingerprint density at radius 3 is 1.97 bits per heavy atom. The van der Waals surface area contributed by atoms with Gasteiger partial charge in [0.15, 0.2) is 6.29 Å². The molecule has 3 heteroatoms. The summed E-state index contributed by atoms with van der Waals surface area (Å²) in [6.45, 7) is 13.7. The van der Waals surface area contributed by atoms with Crippen molar-refractivity contribution in [3.8, 4) is 5.75 Å². The molecule has 0 radical (unpaired) electrons. The molecule has 32 heavy (non-hydrogen) atoms. The van der Waals surface area contributed by atoms with Crippen LogP contribution in [0.5, 0.6) is 5.75 Å². The smallest absolute Gasteiger partial charge is 0.184 e. The fourth-order valence-corrected chi connectivity index (χ4v) is 3.87. The first-order valence-corrected chi connectivity index (χ1v) is 11.6. The van der Waals surface area contributed by atoms with E-state index in [0.717, 1.165) is 35.1 Å². The molecule has 172 valence electrons. The molecule has 0 amide bonds. The lowest BCUT2D eigenvalue weighted by atomic mass is 9.78. The van der Waals surface area contributed by atoms with E-state index < -0.39 is 6.29 Å². The van der Waals surface area contributed by atoms with Crippen LogP contribution < -0.4 is 0 Å². The van der Waals surface area contributed by atoms with Crippen molar-refractivity contribution < 1.29 is 14.6 Å². The van der Waals surface area contributed by atoms with Gasteiger partial charge in [-0.3, -0.25) is 0 Å². The summed E-state index contributed by atoms with van der Waals surface area (Å²) in [5, 5.41) is 11.1. The van der Waals surface area contributed by atoms with Crippen LogP contribution in [0.15, 0.2) is 66.3 Å². The molecule has 1 N–H and O–H groups in total. The maximum atomic E-state index is 11.1. The molecule has 0 aromatic heterocycles. The number of ether oxygens (including phenoxy) is 2. The summed E-state index contributed by atoms with van der Waals surface area (Å²) >= 11 is 0. The Bertz CT molecular complexity index is 921. The van der Waals surface area contributed by atoms with Gasteiger partial charge in [0, 0.05) is 5.56 Å². The average Bonchev–Trinajstić information content (AvgIpc) is 2.74. The quantitative estimate of drug-likeness (QED) is 0.459. The van der Waals surface area contributed by atoms with Crippen molar-refractivity contribution in [3.05, 3.63) is 88.5 Å². The number of hydrogen-bond donors (Lipinski definition) is 1. The summed E-state index contributed by atoms with van der Waals surface area (Å²) in [5.41, 5.74) is 4.62. The van der Waals surface area contributed by atoms with E-state index in [2.05, 4.69) is 71.9 Å². The van der Waals surface area contributed by atoms with E-state index in [1.807, 2.05) is 30.3 Å². The van der Waals surface area contributed by atoms with Gasteiger partial charge in [-0.05, 0) is 58.1 Å². The summed E-state index contributed by atoms with van der Waals surface area (Å²) in [6, 6.07) is 14.2. The van der Waals surface area contributed by atoms with Crippen LogP contribution in [0.4, 0.5) is 0 Å². The lowest BCUT2D eigenvalue weighted by Gasteiger charge is -2.30. The Hall–Kier alpha value is -2.36. The molecule has 0 saturated carbocycles. The Morgan fingerprint density at radius 1 is 0.844 bits per heavy atom. The summed E-state index contributed by atoms with van der Waals surface area (Å²) < 4.78 is 12.7. The zero-order chi connectivity index (χ0) is 23.4. The van der Waals surface area contributed by atoms with Crippen molar-refractivity contribution in [1.29, 1.82) is 0 Å². The summed E-state index contributed by atoms with van der Waals surface area (Å²) in [7, 11) is 0. The summed E-state index contributed by atoms with van der Waals surface area (Å²) in [4.78, 5) is 0. The minimum Gasteiger partial charge on any atom is -0.507 e. The van der Waals surface area contributed by atoms with Crippen molar-refractivity contribution in [2.45, 2.75) is 78.1 Å². The fourth-order valence-electron chi connectivity index (χ4n) is 3.87. The molecule has 1 aliphatic rings. The number of aromatic hydroxyl groups is 1. The fraction of sp³-hybridized carbons (Fsp3) is 0.448. The van der Waals surface area contributed by atoms with Crippen LogP contribution in [-0.4, -0.2) is 11.7 Å². The summed E-state index contributed by atoms with van der Waals surface area (Å²) in [6.07, 6.45) is 8.15. The third-order valence-electron chi connectivity index (χ3n) is 5.74. The molecule has 0 saturated heterocycles. The normalized spacial score (nSPS) is 15.5. The molecule has 2 aromatic rings. The van der Waals surface area contributed by atoms with E-state index >= 15 is 0 Å². The van der Waals surface area contributed by atoms with Gasteiger partial charge in [0.1, 0.15) is 5.75 Å². The molecular formula is C29H38O3. The molecule has 3 rings (SSSR count). The van der Waals surface area contributed by atoms with Crippen LogP contribution in [0.25, 0.3) is 0 Å². The monoisotopic (exact) mass is 434 g/mol. The van der Waals surface area contributed by atoms with Gasteiger partial charge in [0.05, 0.1) is 13.2 Å². The first-order chi connectivity index (χ1) is 15.1. The molecule has 1 atom stereocenters. The molecule has 0 bridgehead atoms. The van der Waals surface area contributed by atoms with Crippen LogP contribution in [-0.2, 0) is 26.9 Å². The SMILES string of the molecule is CC(C)(C)c1cc(C(OCC2=CCCC=C2)OCc2ccccc2)cc(C(C)(C)C)c1O. The predicted octanol–water partition coefficient (Wildman–Crippen LogP) is 7.50. The molecule has 1 aliphatic carbocycles. The minimum absolute atomic E-state index is 0.210. The number of rotatable bonds is 7. The van der Waals surface area contributed by atoms with E-state index in [9.17, 15) is 5.11 Å². The van der Waals surface area contributed by atoms with Gasteiger partial charge in [-0.2, -0.15) is 0 Å². The molecule has 3 nitrogen and oxygen atoms in total. The average molecular weight is 435 g/mol. The number of phenolic OH excluding ortho intramolecular Hbond substituents is 1. The van der Waals surface area contributed by atoms with Crippen molar-refractivity contribution in [2.24, 2.45) is 0 Å².